The highest BCUT2D eigenvalue weighted by molar-refractivity contribution is 5.82. The lowest BCUT2D eigenvalue weighted by Crippen LogP contribution is -2.25. The Balaban J connectivity index is 2.03. The predicted octanol–water partition coefficient (Wildman–Crippen LogP) is 5.11. The fourth-order valence-electron chi connectivity index (χ4n) is 3.55. The van der Waals surface area contributed by atoms with Crippen molar-refractivity contribution >= 4 is 28.4 Å². The molecule has 0 unspecified atom stereocenters. The molecule has 30 heavy (non-hydrogen) atoms. The average Bonchev–Trinajstić information content (AvgIpc) is 2.77. The summed E-state index contributed by atoms with van der Waals surface area (Å²) in [5, 5.41) is 3.55. The van der Waals surface area contributed by atoms with Gasteiger partial charge in [-0.3, -0.25) is 9.36 Å². The van der Waals surface area contributed by atoms with Gasteiger partial charge in [0, 0.05) is 30.5 Å². The molecule has 0 atom stereocenters. The highest BCUT2D eigenvalue weighted by Crippen LogP contribution is 2.27. The van der Waals surface area contributed by atoms with Gasteiger partial charge >= 0.3 is 0 Å². The Labute approximate surface area is 174 Å². The number of nitrogens with one attached hydrogen (secondary N) is 1. The van der Waals surface area contributed by atoms with Gasteiger partial charge in [0.25, 0.3) is 0 Å². The molecule has 0 spiro atoms. The minimum atomic E-state index is -0.494. The van der Waals surface area contributed by atoms with Crippen molar-refractivity contribution in [2.45, 2.75) is 13.8 Å². The summed E-state index contributed by atoms with van der Waals surface area (Å²) in [5.41, 5.74) is 1.79. The van der Waals surface area contributed by atoms with Crippen LogP contribution >= 0.6 is 0 Å². The van der Waals surface area contributed by atoms with Gasteiger partial charge in [0.1, 0.15) is 5.82 Å². The Morgan fingerprint density at radius 1 is 0.967 bits per heavy atom. The lowest BCUT2D eigenvalue weighted by Gasteiger charge is -2.23. The second kappa shape index (κ2) is 8.37. The fraction of sp³-hybridized carbons (Fsp3) is 0.167. The van der Waals surface area contributed by atoms with Crippen molar-refractivity contribution in [3.63, 3.8) is 0 Å². The highest BCUT2D eigenvalue weighted by atomic mass is 19.1. The number of hydrogen-bond acceptors (Lipinski definition) is 4. The molecule has 0 aliphatic carbocycles. The number of pyridine rings is 2. The molecule has 2 aromatic heterocycles. The van der Waals surface area contributed by atoms with Crippen molar-refractivity contribution in [1.29, 1.82) is 0 Å². The SMILES string of the molecule is CCN(CC)c1nc2c(cc1F)c(=O)cc(Nc1ccccc1)n2-c1ccccc1. The number of rotatable bonds is 6. The zero-order valence-electron chi connectivity index (χ0n) is 17.0. The van der Waals surface area contributed by atoms with Crippen LogP contribution in [0.5, 0.6) is 0 Å². The second-order valence-corrected chi connectivity index (χ2v) is 6.89. The van der Waals surface area contributed by atoms with Gasteiger partial charge in [0.05, 0.1) is 5.39 Å². The Morgan fingerprint density at radius 3 is 2.23 bits per heavy atom. The Morgan fingerprint density at radius 2 is 1.60 bits per heavy atom. The van der Waals surface area contributed by atoms with E-state index < -0.39 is 5.82 Å². The topological polar surface area (TPSA) is 50.2 Å². The van der Waals surface area contributed by atoms with E-state index in [1.807, 2.05) is 84.0 Å². The summed E-state index contributed by atoms with van der Waals surface area (Å²) in [6.07, 6.45) is 0. The maximum atomic E-state index is 14.8. The predicted molar refractivity (Wildman–Crippen MR) is 121 cm³/mol. The first kappa shape index (κ1) is 19.6. The van der Waals surface area contributed by atoms with Crippen molar-refractivity contribution in [1.82, 2.24) is 9.55 Å². The van der Waals surface area contributed by atoms with E-state index in [1.165, 1.54) is 12.1 Å². The molecule has 2 heterocycles. The molecule has 4 aromatic rings. The number of fused-ring (bicyclic) bond motifs is 1. The van der Waals surface area contributed by atoms with Gasteiger partial charge in [-0.05, 0) is 44.2 Å². The first-order chi connectivity index (χ1) is 14.6. The maximum absolute atomic E-state index is 14.8. The Kier molecular flexibility index (Phi) is 5.48. The minimum absolute atomic E-state index is 0.242. The minimum Gasteiger partial charge on any atom is -0.355 e. The van der Waals surface area contributed by atoms with Crippen LogP contribution in [0.4, 0.5) is 21.7 Å². The molecule has 4 rings (SSSR count). The third-order valence-corrected chi connectivity index (χ3v) is 5.05. The first-order valence-electron chi connectivity index (χ1n) is 10.0. The highest BCUT2D eigenvalue weighted by Gasteiger charge is 2.18. The average molecular weight is 402 g/mol. The van der Waals surface area contributed by atoms with Gasteiger partial charge in [-0.25, -0.2) is 9.37 Å². The summed E-state index contributed by atoms with van der Waals surface area (Å²) in [6.45, 7) is 5.13. The number of benzene rings is 2. The van der Waals surface area contributed by atoms with Crippen LogP contribution in [-0.4, -0.2) is 22.6 Å². The Bertz CT molecular complexity index is 1220. The van der Waals surface area contributed by atoms with Gasteiger partial charge < -0.3 is 10.2 Å². The Hall–Kier alpha value is -3.67. The van der Waals surface area contributed by atoms with E-state index in [4.69, 9.17) is 0 Å². The standard InChI is InChI=1S/C24H23FN4O/c1-3-28(4-2)24-20(25)15-19-21(30)16-22(26-17-11-7-5-8-12-17)29(23(19)27-24)18-13-9-6-10-14-18/h5-16,26H,3-4H2,1-2H3. The normalized spacial score (nSPS) is 10.9. The number of nitrogens with zero attached hydrogens (tertiary/aromatic N) is 3. The molecule has 0 aliphatic heterocycles. The molecule has 0 saturated heterocycles. The van der Waals surface area contributed by atoms with E-state index >= 15 is 0 Å². The molecule has 152 valence electrons. The lowest BCUT2D eigenvalue weighted by molar-refractivity contribution is 0.614. The number of halogens is 1. The van der Waals surface area contributed by atoms with E-state index in [0.717, 1.165) is 11.4 Å². The molecule has 0 radical (unpaired) electrons. The van der Waals surface area contributed by atoms with Crippen LogP contribution in [0.1, 0.15) is 13.8 Å². The third-order valence-electron chi connectivity index (χ3n) is 5.05. The summed E-state index contributed by atoms with van der Waals surface area (Å²) in [7, 11) is 0. The van der Waals surface area contributed by atoms with Crippen LogP contribution in [0, 0.1) is 5.82 Å². The van der Waals surface area contributed by atoms with Crippen molar-refractivity contribution in [3.05, 3.63) is 88.8 Å². The van der Waals surface area contributed by atoms with E-state index in [2.05, 4.69) is 10.3 Å². The summed E-state index contributed by atoms with van der Waals surface area (Å²) in [5.74, 6) is 0.314. The molecule has 0 fully saturated rings. The largest absolute Gasteiger partial charge is 0.355 e. The zero-order valence-corrected chi connectivity index (χ0v) is 17.0. The number of para-hydroxylation sites is 2. The molecular formula is C24H23FN4O. The molecular weight excluding hydrogens is 379 g/mol. The van der Waals surface area contributed by atoms with Gasteiger partial charge in [0.15, 0.2) is 22.7 Å². The molecule has 0 saturated carbocycles. The first-order valence-corrected chi connectivity index (χ1v) is 10.0. The molecule has 5 nitrogen and oxygen atoms in total. The maximum Gasteiger partial charge on any atom is 0.193 e. The molecule has 2 aromatic carbocycles. The van der Waals surface area contributed by atoms with E-state index in [1.54, 1.807) is 0 Å². The zero-order chi connectivity index (χ0) is 21.1. The van der Waals surface area contributed by atoms with Gasteiger partial charge in [-0.15, -0.1) is 0 Å². The third kappa shape index (κ3) is 3.64. The molecule has 0 bridgehead atoms. The van der Waals surface area contributed by atoms with Gasteiger partial charge in [-0.1, -0.05) is 36.4 Å². The fourth-order valence-corrected chi connectivity index (χ4v) is 3.55. The van der Waals surface area contributed by atoms with Gasteiger partial charge in [0.2, 0.25) is 0 Å². The summed E-state index contributed by atoms with van der Waals surface area (Å²) >= 11 is 0. The molecule has 6 heteroatoms. The van der Waals surface area contributed by atoms with Crippen LogP contribution in [0.2, 0.25) is 0 Å². The van der Waals surface area contributed by atoms with E-state index in [9.17, 15) is 9.18 Å². The summed E-state index contributed by atoms with van der Waals surface area (Å²) in [4.78, 5) is 19.3. The number of anilines is 3. The van der Waals surface area contributed by atoms with E-state index in [-0.39, 0.29) is 16.6 Å². The van der Waals surface area contributed by atoms with Crippen LogP contribution in [0.25, 0.3) is 16.7 Å². The number of aromatic nitrogens is 2. The van der Waals surface area contributed by atoms with Crippen molar-refractivity contribution in [3.8, 4) is 5.69 Å². The molecule has 1 N–H and O–H groups in total. The summed E-state index contributed by atoms with van der Waals surface area (Å²) in [6, 6.07) is 22.0. The van der Waals surface area contributed by atoms with Crippen LogP contribution in [0.15, 0.2) is 77.6 Å². The molecule has 0 aliphatic rings. The van der Waals surface area contributed by atoms with Crippen LogP contribution in [-0.2, 0) is 0 Å². The molecule has 0 amide bonds. The van der Waals surface area contributed by atoms with Gasteiger partial charge in [-0.2, -0.15) is 0 Å². The smallest absolute Gasteiger partial charge is 0.193 e. The quantitative estimate of drug-likeness (QED) is 0.487. The van der Waals surface area contributed by atoms with Crippen LogP contribution < -0.4 is 15.6 Å². The summed E-state index contributed by atoms with van der Waals surface area (Å²) < 4.78 is 16.7. The monoisotopic (exact) mass is 402 g/mol. The van der Waals surface area contributed by atoms with E-state index in [0.29, 0.717) is 24.6 Å². The van der Waals surface area contributed by atoms with Crippen molar-refractivity contribution < 1.29 is 4.39 Å². The van der Waals surface area contributed by atoms with Crippen molar-refractivity contribution in [2.24, 2.45) is 0 Å². The van der Waals surface area contributed by atoms with Crippen LogP contribution in [0.3, 0.4) is 0 Å². The lowest BCUT2D eigenvalue weighted by atomic mass is 10.2. The van der Waals surface area contributed by atoms with Crippen molar-refractivity contribution in [2.75, 3.05) is 23.3 Å². The number of hydrogen-bond donors (Lipinski definition) is 1. The second-order valence-electron chi connectivity index (χ2n) is 6.89.